The number of ether oxygens (including phenoxy) is 3. The number of unbranched alkanes of at least 4 members (excludes halogenated alkanes) is 1. The van der Waals surface area contributed by atoms with Crippen molar-refractivity contribution in [2.45, 2.75) is 31.4 Å². The monoisotopic (exact) mass is 494 g/mol. The number of hydrogen-bond donors (Lipinski definition) is 8. The van der Waals surface area contributed by atoms with E-state index >= 15 is 0 Å². The van der Waals surface area contributed by atoms with Crippen LogP contribution in [-0.2, 0) is 33.5 Å². The van der Waals surface area contributed by atoms with Crippen molar-refractivity contribution in [3.63, 3.8) is 0 Å². The van der Waals surface area contributed by atoms with Crippen LogP contribution < -0.4 is 5.32 Å². The molecule has 19 heteroatoms. The van der Waals surface area contributed by atoms with Crippen LogP contribution in [0.25, 0.3) is 0 Å². The third-order valence-corrected chi connectivity index (χ3v) is 3.44. The number of nitrogens with zero attached hydrogens (tertiary/aromatic N) is 3. The van der Waals surface area contributed by atoms with E-state index in [1.807, 2.05) is 0 Å². The van der Waals surface area contributed by atoms with Crippen LogP contribution in [0.4, 0.5) is 4.79 Å². The second-order valence-corrected chi connectivity index (χ2v) is 5.91. The molecule has 2 atom stereocenters. The van der Waals surface area contributed by atoms with Crippen molar-refractivity contribution in [2.24, 2.45) is 0 Å². The molecule has 0 aromatic rings. The van der Waals surface area contributed by atoms with Crippen molar-refractivity contribution in [1.29, 1.82) is 0 Å². The highest BCUT2D eigenvalue weighted by atomic mass is 17.1. The third-order valence-electron chi connectivity index (χ3n) is 3.44. The fraction of sp³-hybridized carbons (Fsp3) is 0.857. The van der Waals surface area contributed by atoms with Crippen LogP contribution in [0, 0.1) is 0 Å². The van der Waals surface area contributed by atoms with Gasteiger partial charge in [0.25, 0.3) is 0 Å². The Balaban J connectivity index is 4.02. The number of nitrogens with one attached hydrogen (secondary N) is 1. The van der Waals surface area contributed by atoms with Gasteiger partial charge in [0.15, 0.2) is 6.04 Å². The molecule has 0 bridgehead atoms. The van der Waals surface area contributed by atoms with Gasteiger partial charge in [0.05, 0.1) is 49.2 Å². The molecule has 8 N–H and O–H groups in total. The first kappa shape index (κ1) is 31.2. The Morgan fingerprint density at radius 3 is 2.06 bits per heavy atom. The summed E-state index contributed by atoms with van der Waals surface area (Å²) >= 11 is 0. The summed E-state index contributed by atoms with van der Waals surface area (Å²) in [6.07, 6.45) is -1.25. The molecule has 0 rings (SSSR count). The Morgan fingerprint density at radius 2 is 1.45 bits per heavy atom. The number of alkyl carbamates (subject to hydrolysis) is 1. The van der Waals surface area contributed by atoms with Gasteiger partial charge in [-0.1, -0.05) is 0 Å². The van der Waals surface area contributed by atoms with Crippen LogP contribution in [0.5, 0.6) is 0 Å². The lowest BCUT2D eigenvalue weighted by Crippen LogP contribution is -2.44. The molecule has 33 heavy (non-hydrogen) atoms. The van der Waals surface area contributed by atoms with Gasteiger partial charge in [0, 0.05) is 0 Å². The average molecular weight is 494 g/mol. The van der Waals surface area contributed by atoms with Gasteiger partial charge in [-0.2, -0.15) is 0 Å². The van der Waals surface area contributed by atoms with Gasteiger partial charge >= 0.3 is 12.1 Å². The topological polar surface area (TPSA) is 253 Å². The number of carbonyl (C=O) groups excluding carboxylic acids is 2. The number of rotatable bonds is 20. The van der Waals surface area contributed by atoms with Crippen LogP contribution in [-0.4, -0.2) is 123 Å². The number of aliphatic hydroxyl groups is 1. The zero-order valence-corrected chi connectivity index (χ0v) is 17.5. The van der Waals surface area contributed by atoms with Crippen molar-refractivity contribution in [1.82, 2.24) is 21.5 Å². The normalized spacial score (nSPS) is 13.4. The van der Waals surface area contributed by atoms with Gasteiger partial charge in [0.1, 0.15) is 19.3 Å². The molecule has 1 amide bonds. The van der Waals surface area contributed by atoms with E-state index in [1.165, 1.54) is 0 Å². The van der Waals surface area contributed by atoms with Crippen LogP contribution >= 0.6 is 0 Å². The van der Waals surface area contributed by atoms with Gasteiger partial charge in [0.2, 0.25) is 0 Å². The molecule has 0 saturated carbocycles. The van der Waals surface area contributed by atoms with E-state index in [9.17, 15) is 14.7 Å². The smallest absolute Gasteiger partial charge is 0.408 e. The minimum atomic E-state index is -1.38. The Hall–Kier alpha value is -1.82. The highest BCUT2D eigenvalue weighted by molar-refractivity contribution is 5.81. The average Bonchev–Trinajstić information content (AvgIpc) is 2.73. The minimum absolute atomic E-state index is 0.0202. The maximum absolute atomic E-state index is 11.9. The molecular formula is C14H30N4O15. The summed E-state index contributed by atoms with van der Waals surface area (Å²) in [5.41, 5.74) is 0. The zero-order chi connectivity index (χ0) is 25.1. The maximum Gasteiger partial charge on any atom is 0.408 e. The first-order valence-corrected chi connectivity index (χ1v) is 9.40. The second-order valence-electron chi connectivity index (χ2n) is 5.91. The standard InChI is InChI=1S/C14H30N4O15/c19-9-12(15-14(21)30-7-5-28-6-8-31-16(22)23)13(20)29-4-2-1-3-11(33-18(26)27)10-32-17(24)25/h11-12,19,22-27H,1-10H2,(H,15,21). The van der Waals surface area contributed by atoms with Crippen molar-refractivity contribution >= 4 is 12.1 Å². The molecule has 0 aromatic carbocycles. The van der Waals surface area contributed by atoms with Gasteiger partial charge in [-0.25, -0.2) is 24.1 Å². The SMILES string of the molecule is O=C(NC(CO)C(=O)OCCCCC(CON(O)O)ON(O)O)OCCOCCON(O)O. The summed E-state index contributed by atoms with van der Waals surface area (Å²) in [5.74, 6) is -0.926. The molecule has 0 radical (unpaired) electrons. The highest BCUT2D eigenvalue weighted by Gasteiger charge is 2.22. The fourth-order valence-electron chi connectivity index (χ4n) is 2.03. The quantitative estimate of drug-likeness (QED) is 0.0528. The van der Waals surface area contributed by atoms with Crippen LogP contribution in [0.3, 0.4) is 0 Å². The minimum Gasteiger partial charge on any atom is -0.464 e. The first-order chi connectivity index (χ1) is 15.6. The molecule has 0 spiro atoms. The second kappa shape index (κ2) is 19.6. The molecule has 0 aliphatic carbocycles. The molecule has 0 fully saturated rings. The molecule has 19 nitrogen and oxygen atoms in total. The van der Waals surface area contributed by atoms with Gasteiger partial charge in [-0.3, -0.25) is 31.2 Å². The molecular weight excluding hydrogens is 464 g/mol. The predicted octanol–water partition coefficient (Wildman–Crippen LogP) is -1.79. The summed E-state index contributed by atoms with van der Waals surface area (Å²) in [5, 5.41) is 60.5. The van der Waals surface area contributed by atoms with E-state index in [1.54, 1.807) is 0 Å². The summed E-state index contributed by atoms with van der Waals surface area (Å²) in [7, 11) is 0. The van der Waals surface area contributed by atoms with Crippen LogP contribution in [0.2, 0.25) is 0 Å². The summed E-state index contributed by atoms with van der Waals surface area (Å²) in [4.78, 5) is 36.6. The Bertz CT molecular complexity index is 513. The summed E-state index contributed by atoms with van der Waals surface area (Å²) < 4.78 is 14.6. The Labute approximate surface area is 186 Å². The van der Waals surface area contributed by atoms with E-state index in [0.29, 0.717) is 6.42 Å². The Kier molecular flexibility index (Phi) is 18.5. The molecule has 2 unspecified atom stereocenters. The number of hydrogen-bond acceptors (Lipinski definition) is 18. The number of esters is 1. The van der Waals surface area contributed by atoms with Crippen LogP contribution in [0.15, 0.2) is 0 Å². The summed E-state index contributed by atoms with van der Waals surface area (Å²) in [6.45, 7) is -1.73. The highest BCUT2D eigenvalue weighted by Crippen LogP contribution is 2.08. The van der Waals surface area contributed by atoms with Crippen LogP contribution in [0.1, 0.15) is 19.3 Å². The van der Waals surface area contributed by atoms with E-state index in [4.69, 9.17) is 45.5 Å². The van der Waals surface area contributed by atoms with E-state index in [0.717, 1.165) is 0 Å². The van der Waals surface area contributed by atoms with Gasteiger partial charge < -0.3 is 24.6 Å². The largest absolute Gasteiger partial charge is 0.464 e. The lowest BCUT2D eigenvalue weighted by Gasteiger charge is -2.19. The molecule has 0 aliphatic rings. The number of aliphatic hydroxyl groups excluding tert-OH is 1. The third kappa shape index (κ3) is 19.4. The lowest BCUT2D eigenvalue weighted by molar-refractivity contribution is -0.527. The van der Waals surface area contributed by atoms with E-state index < -0.39 is 53.6 Å². The fourth-order valence-corrected chi connectivity index (χ4v) is 2.03. The van der Waals surface area contributed by atoms with E-state index in [-0.39, 0.29) is 45.9 Å². The van der Waals surface area contributed by atoms with Gasteiger partial charge in [-0.15, -0.1) is 0 Å². The maximum atomic E-state index is 11.9. The van der Waals surface area contributed by atoms with Gasteiger partial charge in [-0.05, 0) is 19.3 Å². The zero-order valence-electron chi connectivity index (χ0n) is 17.5. The molecule has 0 heterocycles. The molecule has 0 aromatic heterocycles. The molecule has 0 aliphatic heterocycles. The first-order valence-electron chi connectivity index (χ1n) is 9.40. The van der Waals surface area contributed by atoms with Crippen molar-refractivity contribution in [2.75, 3.05) is 46.2 Å². The van der Waals surface area contributed by atoms with Crippen molar-refractivity contribution < 1.29 is 74.7 Å². The summed E-state index contributed by atoms with van der Waals surface area (Å²) in [6, 6.07) is -1.38. The number of carbonyl (C=O) groups is 2. The Morgan fingerprint density at radius 1 is 0.788 bits per heavy atom. The number of amides is 1. The lowest BCUT2D eigenvalue weighted by atomic mass is 10.2. The molecule has 0 saturated heterocycles. The predicted molar refractivity (Wildman–Crippen MR) is 94.0 cm³/mol. The van der Waals surface area contributed by atoms with E-state index in [2.05, 4.69) is 19.8 Å². The van der Waals surface area contributed by atoms with Crippen molar-refractivity contribution in [3.05, 3.63) is 0 Å². The van der Waals surface area contributed by atoms with Crippen molar-refractivity contribution in [3.8, 4) is 0 Å². The molecule has 196 valence electrons.